The van der Waals surface area contributed by atoms with Crippen molar-refractivity contribution in [3.63, 3.8) is 0 Å². The molecule has 1 aromatic carbocycles. The lowest BCUT2D eigenvalue weighted by atomic mass is 10.2. The highest BCUT2D eigenvalue weighted by Gasteiger charge is 1.97. The van der Waals surface area contributed by atoms with E-state index in [0.29, 0.717) is 4.47 Å². The number of halogens is 2. The van der Waals surface area contributed by atoms with Gasteiger partial charge in [0.15, 0.2) is 0 Å². The number of hydrogen-bond donors (Lipinski definition) is 1. The standard InChI is InChI=1S/C8H8BrFN2/c1-11-12-5-6-2-3-7(10)4-8(6)9/h2-5,11H,1H3/b12-5+. The highest BCUT2D eigenvalue weighted by molar-refractivity contribution is 9.10. The van der Waals surface area contributed by atoms with E-state index in [1.54, 1.807) is 19.3 Å². The number of nitrogens with zero attached hydrogens (tertiary/aromatic N) is 1. The van der Waals surface area contributed by atoms with E-state index in [1.165, 1.54) is 12.1 Å². The van der Waals surface area contributed by atoms with E-state index >= 15 is 0 Å². The van der Waals surface area contributed by atoms with Gasteiger partial charge in [-0.2, -0.15) is 5.10 Å². The molecule has 0 radical (unpaired) electrons. The number of hydrogen-bond acceptors (Lipinski definition) is 2. The van der Waals surface area contributed by atoms with Gasteiger partial charge in [-0.3, -0.25) is 0 Å². The molecular formula is C8H8BrFN2. The molecule has 0 amide bonds. The van der Waals surface area contributed by atoms with Crippen LogP contribution in [0.5, 0.6) is 0 Å². The Hall–Kier alpha value is -0.900. The smallest absolute Gasteiger partial charge is 0.124 e. The maximum Gasteiger partial charge on any atom is 0.124 e. The molecular weight excluding hydrogens is 223 g/mol. The average molecular weight is 231 g/mol. The zero-order valence-electron chi connectivity index (χ0n) is 6.51. The molecule has 0 spiro atoms. The minimum atomic E-state index is -0.261. The maximum atomic E-state index is 12.6. The quantitative estimate of drug-likeness (QED) is 0.612. The Labute approximate surface area is 78.6 Å². The van der Waals surface area contributed by atoms with Gasteiger partial charge in [0.2, 0.25) is 0 Å². The Bertz CT molecular complexity index is 299. The Morgan fingerprint density at radius 1 is 1.58 bits per heavy atom. The van der Waals surface area contributed by atoms with Gasteiger partial charge < -0.3 is 5.43 Å². The number of benzene rings is 1. The zero-order valence-corrected chi connectivity index (χ0v) is 8.10. The fraction of sp³-hybridized carbons (Fsp3) is 0.125. The largest absolute Gasteiger partial charge is 0.313 e. The van der Waals surface area contributed by atoms with Gasteiger partial charge in [-0.05, 0) is 18.2 Å². The summed E-state index contributed by atoms with van der Waals surface area (Å²) in [5.74, 6) is -0.261. The SMILES string of the molecule is CN/N=C/c1ccc(F)cc1Br. The third kappa shape index (κ3) is 2.30. The van der Waals surface area contributed by atoms with Gasteiger partial charge in [-0.1, -0.05) is 15.9 Å². The van der Waals surface area contributed by atoms with Crippen LogP contribution < -0.4 is 5.43 Å². The molecule has 0 aliphatic rings. The third-order valence-corrected chi connectivity index (χ3v) is 1.98. The summed E-state index contributed by atoms with van der Waals surface area (Å²) < 4.78 is 13.3. The van der Waals surface area contributed by atoms with Crippen molar-refractivity contribution >= 4 is 22.1 Å². The van der Waals surface area contributed by atoms with Gasteiger partial charge in [-0.25, -0.2) is 4.39 Å². The second-order valence-electron chi connectivity index (χ2n) is 2.15. The zero-order chi connectivity index (χ0) is 8.97. The van der Waals surface area contributed by atoms with Gasteiger partial charge in [0.1, 0.15) is 5.82 Å². The Morgan fingerprint density at radius 3 is 2.92 bits per heavy atom. The molecule has 1 rings (SSSR count). The molecule has 0 unspecified atom stereocenters. The first-order valence-corrected chi connectivity index (χ1v) is 4.18. The molecule has 0 aliphatic heterocycles. The van der Waals surface area contributed by atoms with Crippen molar-refractivity contribution in [2.24, 2.45) is 5.10 Å². The summed E-state index contributed by atoms with van der Waals surface area (Å²) in [7, 11) is 1.70. The summed E-state index contributed by atoms with van der Waals surface area (Å²) in [6.07, 6.45) is 1.61. The minimum absolute atomic E-state index is 0.261. The van der Waals surface area contributed by atoms with Gasteiger partial charge in [0.05, 0.1) is 6.21 Å². The molecule has 2 nitrogen and oxygen atoms in total. The Morgan fingerprint density at radius 2 is 2.33 bits per heavy atom. The van der Waals surface area contributed by atoms with Gasteiger partial charge in [0, 0.05) is 17.1 Å². The molecule has 0 saturated carbocycles. The second kappa shape index (κ2) is 4.21. The predicted molar refractivity (Wildman–Crippen MR) is 50.8 cm³/mol. The van der Waals surface area contributed by atoms with Crippen molar-refractivity contribution in [2.75, 3.05) is 7.05 Å². The topological polar surface area (TPSA) is 24.4 Å². The summed E-state index contributed by atoms with van der Waals surface area (Å²) in [5.41, 5.74) is 3.45. The van der Waals surface area contributed by atoms with Crippen LogP contribution in [0, 0.1) is 5.82 Å². The van der Waals surface area contributed by atoms with Gasteiger partial charge in [0.25, 0.3) is 0 Å². The summed E-state index contributed by atoms with van der Waals surface area (Å²) in [4.78, 5) is 0. The van der Waals surface area contributed by atoms with E-state index in [0.717, 1.165) is 5.56 Å². The van der Waals surface area contributed by atoms with Crippen LogP contribution in [0.25, 0.3) is 0 Å². The van der Waals surface area contributed by atoms with E-state index in [4.69, 9.17) is 0 Å². The highest BCUT2D eigenvalue weighted by Crippen LogP contribution is 2.15. The van der Waals surface area contributed by atoms with E-state index in [2.05, 4.69) is 26.5 Å². The number of nitrogens with one attached hydrogen (secondary N) is 1. The molecule has 64 valence electrons. The first-order chi connectivity index (χ1) is 5.74. The molecule has 0 fully saturated rings. The maximum absolute atomic E-state index is 12.6. The molecule has 1 aromatic rings. The summed E-state index contributed by atoms with van der Waals surface area (Å²) in [6.45, 7) is 0. The minimum Gasteiger partial charge on any atom is -0.313 e. The highest BCUT2D eigenvalue weighted by atomic mass is 79.9. The van der Waals surface area contributed by atoms with E-state index in [9.17, 15) is 4.39 Å². The average Bonchev–Trinajstić information content (AvgIpc) is 2.03. The summed E-state index contributed by atoms with van der Waals surface area (Å²) in [5, 5.41) is 3.81. The fourth-order valence-corrected chi connectivity index (χ4v) is 1.19. The van der Waals surface area contributed by atoms with E-state index in [-0.39, 0.29) is 5.82 Å². The van der Waals surface area contributed by atoms with Crippen molar-refractivity contribution in [1.29, 1.82) is 0 Å². The molecule has 0 aliphatic carbocycles. The van der Waals surface area contributed by atoms with Crippen molar-refractivity contribution < 1.29 is 4.39 Å². The van der Waals surface area contributed by atoms with Crippen LogP contribution in [0.1, 0.15) is 5.56 Å². The molecule has 0 saturated heterocycles. The van der Waals surface area contributed by atoms with Crippen molar-refractivity contribution in [2.45, 2.75) is 0 Å². The van der Waals surface area contributed by atoms with Crippen molar-refractivity contribution in [1.82, 2.24) is 5.43 Å². The monoisotopic (exact) mass is 230 g/mol. The molecule has 0 aromatic heterocycles. The lowest BCUT2D eigenvalue weighted by Crippen LogP contribution is -1.95. The molecule has 0 heterocycles. The van der Waals surface area contributed by atoms with Crippen molar-refractivity contribution in [3.8, 4) is 0 Å². The van der Waals surface area contributed by atoms with Crippen LogP contribution in [-0.4, -0.2) is 13.3 Å². The Kier molecular flexibility index (Phi) is 3.22. The summed E-state index contributed by atoms with van der Waals surface area (Å²) in [6, 6.07) is 4.44. The number of rotatable bonds is 2. The summed E-state index contributed by atoms with van der Waals surface area (Å²) >= 11 is 3.22. The molecule has 0 bridgehead atoms. The molecule has 12 heavy (non-hydrogen) atoms. The molecule has 4 heteroatoms. The van der Waals surface area contributed by atoms with E-state index < -0.39 is 0 Å². The lowest BCUT2D eigenvalue weighted by Gasteiger charge is -1.96. The van der Waals surface area contributed by atoms with Gasteiger partial charge in [-0.15, -0.1) is 0 Å². The van der Waals surface area contributed by atoms with Crippen LogP contribution in [0.3, 0.4) is 0 Å². The second-order valence-corrected chi connectivity index (χ2v) is 3.00. The Balaban J connectivity index is 2.94. The van der Waals surface area contributed by atoms with Crippen LogP contribution in [0.4, 0.5) is 4.39 Å². The normalized spacial score (nSPS) is 10.6. The predicted octanol–water partition coefficient (Wildman–Crippen LogP) is 2.14. The van der Waals surface area contributed by atoms with E-state index in [1.807, 2.05) is 0 Å². The van der Waals surface area contributed by atoms with Crippen LogP contribution in [0.2, 0.25) is 0 Å². The first-order valence-electron chi connectivity index (χ1n) is 3.39. The molecule has 0 atom stereocenters. The van der Waals surface area contributed by atoms with Crippen LogP contribution in [0.15, 0.2) is 27.8 Å². The first kappa shape index (κ1) is 9.19. The van der Waals surface area contributed by atoms with Crippen LogP contribution >= 0.6 is 15.9 Å². The number of hydrazone groups is 1. The van der Waals surface area contributed by atoms with Crippen molar-refractivity contribution in [3.05, 3.63) is 34.1 Å². The third-order valence-electron chi connectivity index (χ3n) is 1.30. The van der Waals surface area contributed by atoms with Crippen LogP contribution in [-0.2, 0) is 0 Å². The fourth-order valence-electron chi connectivity index (χ4n) is 0.740. The van der Waals surface area contributed by atoms with Gasteiger partial charge >= 0.3 is 0 Å². The molecule has 1 N–H and O–H groups in total. The lowest BCUT2D eigenvalue weighted by molar-refractivity contribution is 0.627.